The van der Waals surface area contributed by atoms with Crippen molar-refractivity contribution in [1.29, 1.82) is 0 Å². The van der Waals surface area contributed by atoms with Gasteiger partial charge in [0.1, 0.15) is 0 Å². The first kappa shape index (κ1) is 16.2. The van der Waals surface area contributed by atoms with E-state index < -0.39 is 6.61 Å². The van der Waals surface area contributed by atoms with Gasteiger partial charge >= 0.3 is 6.61 Å². The zero-order chi connectivity index (χ0) is 17.1. The molecule has 2 aromatic carbocycles. The number of carbonyl (C=O) groups excluding carboxylic acids is 1. The maximum Gasteiger partial charge on any atom is 0.387 e. The van der Waals surface area contributed by atoms with E-state index in [0.29, 0.717) is 23.1 Å². The molecular weight excluding hydrogens is 314 g/mol. The standard InChI is InChI=1S/C19H16F2O3/c1-23-16-9-6-12(11-17(16)24-19(20)21)10-14-8-7-13-4-2-3-5-15(13)18(14)22/h2-6,9-11,19H,7-8H2,1H3. The number of aryl methyl sites for hydroxylation is 1. The molecule has 0 unspecified atom stereocenters. The molecule has 5 heteroatoms. The van der Waals surface area contributed by atoms with E-state index in [9.17, 15) is 13.6 Å². The topological polar surface area (TPSA) is 35.5 Å². The van der Waals surface area contributed by atoms with E-state index in [1.54, 1.807) is 18.2 Å². The first-order chi connectivity index (χ1) is 11.6. The van der Waals surface area contributed by atoms with Crippen molar-refractivity contribution in [3.05, 3.63) is 64.7 Å². The summed E-state index contributed by atoms with van der Waals surface area (Å²) in [5.41, 5.74) is 3.01. The number of hydrogen-bond acceptors (Lipinski definition) is 3. The van der Waals surface area contributed by atoms with Crippen molar-refractivity contribution in [2.24, 2.45) is 0 Å². The SMILES string of the molecule is COc1ccc(C=C2CCc3ccccc3C2=O)cc1OC(F)F. The number of Topliss-reactive ketones (excluding diaryl/α,β-unsaturated/α-hetero) is 1. The fourth-order valence-electron chi connectivity index (χ4n) is 2.83. The largest absolute Gasteiger partial charge is 0.493 e. The summed E-state index contributed by atoms with van der Waals surface area (Å²) in [6, 6.07) is 12.2. The molecule has 2 aromatic rings. The number of methoxy groups -OCH3 is 1. The molecule has 1 aliphatic carbocycles. The quantitative estimate of drug-likeness (QED) is 0.774. The van der Waals surface area contributed by atoms with Gasteiger partial charge in [0.05, 0.1) is 7.11 Å². The first-order valence-corrected chi connectivity index (χ1v) is 7.54. The smallest absolute Gasteiger partial charge is 0.387 e. The summed E-state index contributed by atoms with van der Waals surface area (Å²) in [5, 5.41) is 0. The monoisotopic (exact) mass is 330 g/mol. The molecule has 0 bridgehead atoms. The Labute approximate surface area is 138 Å². The molecule has 0 N–H and O–H groups in total. The summed E-state index contributed by atoms with van der Waals surface area (Å²) >= 11 is 0. The summed E-state index contributed by atoms with van der Waals surface area (Å²) in [5.74, 6) is 0.146. The van der Waals surface area contributed by atoms with Gasteiger partial charge in [-0.1, -0.05) is 30.3 Å². The highest BCUT2D eigenvalue weighted by Gasteiger charge is 2.21. The summed E-state index contributed by atoms with van der Waals surface area (Å²) in [6.45, 7) is -2.94. The molecule has 3 nitrogen and oxygen atoms in total. The van der Waals surface area contributed by atoms with E-state index in [0.717, 1.165) is 12.0 Å². The number of allylic oxidation sites excluding steroid dienone is 1. The molecule has 0 saturated carbocycles. The van der Waals surface area contributed by atoms with Crippen molar-refractivity contribution >= 4 is 11.9 Å². The number of alkyl halides is 2. The molecule has 1 aliphatic rings. The van der Waals surface area contributed by atoms with Crippen LogP contribution in [0.15, 0.2) is 48.0 Å². The lowest BCUT2D eigenvalue weighted by atomic mass is 9.86. The predicted molar refractivity (Wildman–Crippen MR) is 86.7 cm³/mol. The number of ketones is 1. The van der Waals surface area contributed by atoms with E-state index in [4.69, 9.17) is 4.74 Å². The minimum atomic E-state index is -2.94. The first-order valence-electron chi connectivity index (χ1n) is 7.54. The minimum absolute atomic E-state index is 0.0241. The van der Waals surface area contributed by atoms with Crippen LogP contribution in [0.2, 0.25) is 0 Å². The Kier molecular flexibility index (Phi) is 4.60. The van der Waals surface area contributed by atoms with E-state index in [1.165, 1.54) is 13.2 Å². The second-order valence-corrected chi connectivity index (χ2v) is 5.44. The highest BCUT2D eigenvalue weighted by atomic mass is 19.3. The van der Waals surface area contributed by atoms with Crippen molar-refractivity contribution in [1.82, 2.24) is 0 Å². The van der Waals surface area contributed by atoms with Gasteiger partial charge in [0.25, 0.3) is 0 Å². The average molecular weight is 330 g/mol. The van der Waals surface area contributed by atoms with Crippen LogP contribution in [0.3, 0.4) is 0 Å². The van der Waals surface area contributed by atoms with Gasteiger partial charge in [0.2, 0.25) is 0 Å². The van der Waals surface area contributed by atoms with Gasteiger partial charge in [-0.2, -0.15) is 8.78 Å². The zero-order valence-electron chi connectivity index (χ0n) is 13.1. The molecule has 0 amide bonds. The lowest BCUT2D eigenvalue weighted by molar-refractivity contribution is -0.0512. The molecule has 0 radical (unpaired) electrons. The van der Waals surface area contributed by atoms with Crippen LogP contribution in [0.4, 0.5) is 8.78 Å². The van der Waals surface area contributed by atoms with Crippen molar-refractivity contribution in [2.75, 3.05) is 7.11 Å². The fraction of sp³-hybridized carbons (Fsp3) is 0.211. The Morgan fingerprint density at radius 1 is 1.08 bits per heavy atom. The normalized spacial score (nSPS) is 15.5. The van der Waals surface area contributed by atoms with E-state index in [1.807, 2.05) is 24.3 Å². The molecule has 24 heavy (non-hydrogen) atoms. The van der Waals surface area contributed by atoms with Gasteiger partial charge in [-0.3, -0.25) is 4.79 Å². The molecular formula is C19H16F2O3. The van der Waals surface area contributed by atoms with Crippen LogP contribution in [0, 0.1) is 0 Å². The third kappa shape index (κ3) is 3.30. The summed E-state index contributed by atoms with van der Waals surface area (Å²) in [4.78, 5) is 12.6. The molecule has 0 aromatic heterocycles. The number of rotatable bonds is 4. The molecule has 124 valence electrons. The maximum atomic E-state index is 12.6. The molecule has 0 heterocycles. The van der Waals surface area contributed by atoms with Gasteiger partial charge in [-0.05, 0) is 42.2 Å². The summed E-state index contributed by atoms with van der Waals surface area (Å²) < 4.78 is 34.5. The molecule has 0 fully saturated rings. The zero-order valence-corrected chi connectivity index (χ0v) is 13.1. The molecule has 3 rings (SSSR count). The van der Waals surface area contributed by atoms with Crippen molar-refractivity contribution in [2.45, 2.75) is 19.5 Å². The number of halogens is 2. The maximum absolute atomic E-state index is 12.6. The summed E-state index contributed by atoms with van der Waals surface area (Å²) in [6.07, 6.45) is 3.12. The van der Waals surface area contributed by atoms with Crippen LogP contribution in [-0.4, -0.2) is 19.5 Å². The molecule has 0 aliphatic heterocycles. The lowest BCUT2D eigenvalue weighted by Crippen LogP contribution is -2.13. The number of ether oxygens (including phenoxy) is 2. The number of fused-ring (bicyclic) bond motifs is 1. The predicted octanol–water partition coefficient (Wildman–Crippen LogP) is 4.51. The molecule has 0 atom stereocenters. The van der Waals surface area contributed by atoms with Crippen LogP contribution >= 0.6 is 0 Å². The van der Waals surface area contributed by atoms with Gasteiger partial charge in [0, 0.05) is 11.1 Å². The molecule has 0 spiro atoms. The Morgan fingerprint density at radius 2 is 1.88 bits per heavy atom. The fourth-order valence-corrected chi connectivity index (χ4v) is 2.83. The van der Waals surface area contributed by atoms with Gasteiger partial charge in [0.15, 0.2) is 17.3 Å². The number of carbonyl (C=O) groups is 1. The van der Waals surface area contributed by atoms with Gasteiger partial charge in [-0.15, -0.1) is 0 Å². The lowest BCUT2D eigenvalue weighted by Gasteiger charge is -2.17. The minimum Gasteiger partial charge on any atom is -0.493 e. The van der Waals surface area contributed by atoms with Crippen LogP contribution in [0.5, 0.6) is 11.5 Å². The third-order valence-corrected chi connectivity index (χ3v) is 3.96. The highest BCUT2D eigenvalue weighted by Crippen LogP contribution is 2.32. The van der Waals surface area contributed by atoms with Crippen molar-refractivity contribution < 1.29 is 23.0 Å². The number of benzene rings is 2. The molecule has 0 saturated heterocycles. The summed E-state index contributed by atoms with van der Waals surface area (Å²) in [7, 11) is 1.38. The van der Waals surface area contributed by atoms with Crippen molar-refractivity contribution in [3.63, 3.8) is 0 Å². The second-order valence-electron chi connectivity index (χ2n) is 5.44. The van der Waals surface area contributed by atoms with E-state index in [2.05, 4.69) is 4.74 Å². The Balaban J connectivity index is 1.93. The van der Waals surface area contributed by atoms with Crippen LogP contribution < -0.4 is 9.47 Å². The second kappa shape index (κ2) is 6.83. The highest BCUT2D eigenvalue weighted by molar-refractivity contribution is 6.13. The van der Waals surface area contributed by atoms with Crippen LogP contribution in [0.25, 0.3) is 6.08 Å². The van der Waals surface area contributed by atoms with Crippen molar-refractivity contribution in [3.8, 4) is 11.5 Å². The average Bonchev–Trinajstić information content (AvgIpc) is 2.57. The van der Waals surface area contributed by atoms with E-state index >= 15 is 0 Å². The van der Waals surface area contributed by atoms with Gasteiger partial charge < -0.3 is 9.47 Å². The Bertz CT molecular complexity index is 797. The van der Waals surface area contributed by atoms with E-state index in [-0.39, 0.29) is 17.3 Å². The Hall–Kier alpha value is -2.69. The van der Waals surface area contributed by atoms with Crippen LogP contribution in [0.1, 0.15) is 27.9 Å². The van der Waals surface area contributed by atoms with Gasteiger partial charge in [-0.25, -0.2) is 0 Å². The van der Waals surface area contributed by atoms with Crippen LogP contribution in [-0.2, 0) is 6.42 Å². The third-order valence-electron chi connectivity index (χ3n) is 3.96. The Morgan fingerprint density at radius 3 is 2.62 bits per heavy atom. The number of hydrogen-bond donors (Lipinski definition) is 0.